The molecule has 5 nitrogen and oxygen atoms in total. The highest BCUT2D eigenvalue weighted by molar-refractivity contribution is 6.44. The maximum atomic E-state index is 12.4. The van der Waals surface area contributed by atoms with E-state index in [4.69, 9.17) is 27.9 Å². The van der Waals surface area contributed by atoms with Gasteiger partial charge < -0.3 is 10.1 Å². The average molecular weight is 427 g/mol. The molecule has 0 spiro atoms. The zero-order chi connectivity index (χ0) is 20.2. The largest absolute Gasteiger partial charge is 0.452 e. The maximum absolute atomic E-state index is 12.4. The number of piperidine rings is 1. The zero-order valence-corrected chi connectivity index (χ0v) is 16.0. The van der Waals surface area contributed by atoms with Crippen molar-refractivity contribution < 1.29 is 27.5 Å². The van der Waals surface area contributed by atoms with E-state index >= 15 is 0 Å². The van der Waals surface area contributed by atoms with Crippen LogP contribution in [0.3, 0.4) is 0 Å². The van der Waals surface area contributed by atoms with Crippen molar-refractivity contribution in [3.05, 3.63) is 28.2 Å². The quantitative estimate of drug-likeness (QED) is 0.718. The first-order valence-electron chi connectivity index (χ1n) is 8.31. The Bertz CT molecular complexity index is 692. The second-order valence-corrected chi connectivity index (χ2v) is 7.12. The molecular weight excluding hydrogens is 408 g/mol. The van der Waals surface area contributed by atoms with Crippen LogP contribution in [0.1, 0.15) is 19.8 Å². The lowest BCUT2D eigenvalue weighted by atomic mass is 9.97. The minimum atomic E-state index is -4.26. The van der Waals surface area contributed by atoms with Crippen LogP contribution in [0.2, 0.25) is 10.0 Å². The third-order valence-corrected chi connectivity index (χ3v) is 5.01. The Labute approximate surface area is 164 Å². The molecule has 0 saturated carbocycles. The number of nitrogens with one attached hydrogen (secondary N) is 1. The standard InChI is InChI=1S/C17H19Cl2F3N2O3/c1-10(15(25)23-13-4-2-3-12(18)14(13)19)27-16(26)11-5-7-24(8-6-11)9-17(20,21)22/h2-4,10-11H,5-9H2,1H3,(H,23,25)/t10-/m1/s1. The third kappa shape index (κ3) is 6.55. The fourth-order valence-electron chi connectivity index (χ4n) is 2.74. The van der Waals surface area contributed by atoms with Crippen LogP contribution in [0.15, 0.2) is 18.2 Å². The molecule has 1 heterocycles. The number of ether oxygens (including phenoxy) is 1. The number of alkyl halides is 3. The molecule has 1 aromatic rings. The molecule has 1 aromatic carbocycles. The number of amides is 1. The second kappa shape index (κ2) is 9.12. The number of esters is 1. The van der Waals surface area contributed by atoms with Gasteiger partial charge in [-0.05, 0) is 45.0 Å². The van der Waals surface area contributed by atoms with E-state index in [0.717, 1.165) is 0 Å². The van der Waals surface area contributed by atoms with Crippen molar-refractivity contribution in [1.29, 1.82) is 0 Å². The van der Waals surface area contributed by atoms with Gasteiger partial charge in [-0.2, -0.15) is 13.2 Å². The fraction of sp³-hybridized carbons (Fsp3) is 0.529. The highest BCUT2D eigenvalue weighted by atomic mass is 35.5. The van der Waals surface area contributed by atoms with Gasteiger partial charge in [0.15, 0.2) is 6.10 Å². The van der Waals surface area contributed by atoms with Crippen LogP contribution in [0, 0.1) is 5.92 Å². The van der Waals surface area contributed by atoms with Gasteiger partial charge in [0, 0.05) is 0 Å². The number of halogens is 5. The van der Waals surface area contributed by atoms with Gasteiger partial charge in [-0.25, -0.2) is 0 Å². The molecule has 10 heteroatoms. The Hall–Kier alpha value is -1.51. The van der Waals surface area contributed by atoms with E-state index in [1.807, 2.05) is 0 Å². The van der Waals surface area contributed by atoms with Gasteiger partial charge >= 0.3 is 12.1 Å². The number of carbonyl (C=O) groups excluding carboxylic acids is 2. The summed E-state index contributed by atoms with van der Waals surface area (Å²) < 4.78 is 42.3. The van der Waals surface area contributed by atoms with E-state index in [-0.39, 0.29) is 41.7 Å². The van der Waals surface area contributed by atoms with Gasteiger partial charge in [-0.1, -0.05) is 29.3 Å². The van der Waals surface area contributed by atoms with Crippen LogP contribution in [0.5, 0.6) is 0 Å². The van der Waals surface area contributed by atoms with E-state index in [0.29, 0.717) is 0 Å². The summed E-state index contributed by atoms with van der Waals surface area (Å²) in [6, 6.07) is 4.72. The number of rotatable bonds is 5. The molecular formula is C17H19Cl2F3N2O3. The van der Waals surface area contributed by atoms with Crippen molar-refractivity contribution >= 4 is 40.8 Å². The van der Waals surface area contributed by atoms with Crippen molar-refractivity contribution in [2.45, 2.75) is 32.0 Å². The van der Waals surface area contributed by atoms with Gasteiger partial charge in [0.25, 0.3) is 5.91 Å². The molecule has 0 radical (unpaired) electrons. The van der Waals surface area contributed by atoms with E-state index in [2.05, 4.69) is 5.32 Å². The van der Waals surface area contributed by atoms with Crippen LogP contribution in [0.4, 0.5) is 18.9 Å². The Balaban J connectivity index is 1.83. The Morgan fingerprint density at radius 2 is 1.93 bits per heavy atom. The smallest absolute Gasteiger partial charge is 0.401 e. The summed E-state index contributed by atoms with van der Waals surface area (Å²) in [4.78, 5) is 25.6. The van der Waals surface area contributed by atoms with Gasteiger partial charge in [-0.3, -0.25) is 14.5 Å². The first kappa shape index (κ1) is 21.8. The summed E-state index contributed by atoms with van der Waals surface area (Å²) in [7, 11) is 0. The van der Waals surface area contributed by atoms with Gasteiger partial charge in [-0.15, -0.1) is 0 Å². The SMILES string of the molecule is C[C@@H](OC(=O)C1CCN(CC(F)(F)F)CC1)C(=O)Nc1cccc(Cl)c1Cl. The molecule has 1 amide bonds. The molecule has 1 saturated heterocycles. The van der Waals surface area contributed by atoms with Crippen LogP contribution < -0.4 is 5.32 Å². The second-order valence-electron chi connectivity index (χ2n) is 6.34. The van der Waals surface area contributed by atoms with E-state index in [1.54, 1.807) is 18.2 Å². The number of anilines is 1. The summed E-state index contributed by atoms with van der Waals surface area (Å²) >= 11 is 11.9. The number of benzene rings is 1. The number of carbonyl (C=O) groups is 2. The summed E-state index contributed by atoms with van der Waals surface area (Å²) in [5.74, 6) is -1.71. The van der Waals surface area contributed by atoms with E-state index < -0.39 is 36.6 Å². The molecule has 27 heavy (non-hydrogen) atoms. The topological polar surface area (TPSA) is 58.6 Å². The Kier molecular flexibility index (Phi) is 7.36. The Morgan fingerprint density at radius 1 is 1.30 bits per heavy atom. The molecule has 150 valence electrons. The molecule has 0 bridgehead atoms. The predicted octanol–water partition coefficient (Wildman–Crippen LogP) is 4.14. The molecule has 0 unspecified atom stereocenters. The van der Waals surface area contributed by atoms with Gasteiger partial charge in [0.1, 0.15) is 0 Å². The third-order valence-electron chi connectivity index (χ3n) is 4.20. The van der Waals surface area contributed by atoms with Crippen LogP contribution in [-0.2, 0) is 14.3 Å². The van der Waals surface area contributed by atoms with Gasteiger partial charge in [0.05, 0.1) is 28.2 Å². The van der Waals surface area contributed by atoms with Crippen molar-refractivity contribution in [3.63, 3.8) is 0 Å². The summed E-state index contributed by atoms with van der Waals surface area (Å²) in [5.41, 5.74) is 0.289. The lowest BCUT2D eigenvalue weighted by Crippen LogP contribution is -2.42. The number of hydrogen-bond donors (Lipinski definition) is 1. The maximum Gasteiger partial charge on any atom is 0.401 e. The number of likely N-dealkylation sites (tertiary alicyclic amines) is 1. The van der Waals surface area contributed by atoms with Crippen molar-refractivity contribution in [1.82, 2.24) is 4.90 Å². The van der Waals surface area contributed by atoms with Crippen LogP contribution in [-0.4, -0.2) is 48.7 Å². The predicted molar refractivity (Wildman–Crippen MR) is 95.9 cm³/mol. The Morgan fingerprint density at radius 3 is 2.52 bits per heavy atom. The van der Waals surface area contributed by atoms with Crippen LogP contribution in [0.25, 0.3) is 0 Å². The zero-order valence-electron chi connectivity index (χ0n) is 14.5. The number of hydrogen-bond acceptors (Lipinski definition) is 4. The van der Waals surface area contributed by atoms with Gasteiger partial charge in [0.2, 0.25) is 0 Å². The van der Waals surface area contributed by atoms with Crippen molar-refractivity contribution in [2.24, 2.45) is 5.92 Å². The summed E-state index contributed by atoms with van der Waals surface area (Å²) in [6.07, 6.45) is -4.84. The summed E-state index contributed by atoms with van der Waals surface area (Å²) in [5, 5.41) is 2.96. The monoisotopic (exact) mass is 426 g/mol. The lowest BCUT2D eigenvalue weighted by molar-refractivity contribution is -0.161. The molecule has 1 aliphatic heterocycles. The lowest BCUT2D eigenvalue weighted by Gasteiger charge is -2.31. The van der Waals surface area contributed by atoms with Crippen molar-refractivity contribution in [3.8, 4) is 0 Å². The first-order chi connectivity index (χ1) is 12.6. The molecule has 0 aromatic heterocycles. The van der Waals surface area contributed by atoms with E-state index in [1.165, 1.54) is 11.8 Å². The fourth-order valence-corrected chi connectivity index (χ4v) is 3.09. The van der Waals surface area contributed by atoms with Crippen molar-refractivity contribution in [2.75, 3.05) is 25.0 Å². The minimum Gasteiger partial charge on any atom is -0.452 e. The highest BCUT2D eigenvalue weighted by Gasteiger charge is 2.35. The molecule has 1 aliphatic rings. The average Bonchev–Trinajstić information content (AvgIpc) is 2.58. The highest BCUT2D eigenvalue weighted by Crippen LogP contribution is 2.30. The van der Waals surface area contributed by atoms with Crippen LogP contribution >= 0.6 is 23.2 Å². The summed E-state index contributed by atoms with van der Waals surface area (Å²) in [6.45, 7) is 0.717. The molecule has 1 atom stereocenters. The molecule has 0 aliphatic carbocycles. The number of nitrogens with zero attached hydrogens (tertiary/aromatic N) is 1. The van der Waals surface area contributed by atoms with E-state index in [9.17, 15) is 22.8 Å². The molecule has 2 rings (SSSR count). The minimum absolute atomic E-state index is 0.151. The molecule has 1 fully saturated rings. The molecule has 1 N–H and O–H groups in total. The first-order valence-corrected chi connectivity index (χ1v) is 9.07. The normalized spacial score (nSPS) is 17.4.